The van der Waals surface area contributed by atoms with Gasteiger partial charge in [0.15, 0.2) is 0 Å². The molecule has 1 heterocycles. The van der Waals surface area contributed by atoms with Crippen LogP contribution in [0.1, 0.15) is 13.3 Å². The zero-order valence-electron chi connectivity index (χ0n) is 9.03. The van der Waals surface area contributed by atoms with Gasteiger partial charge >= 0.3 is 6.01 Å². The van der Waals surface area contributed by atoms with Crippen LogP contribution in [-0.2, 0) is 6.54 Å². The summed E-state index contributed by atoms with van der Waals surface area (Å²) in [5.74, 6) is -0.438. The highest BCUT2D eigenvalue weighted by Gasteiger charge is 2.18. The molecule has 7 heteroatoms. The normalized spacial score (nSPS) is 19.9. The molecule has 4 nitrogen and oxygen atoms in total. The molecule has 92 valence electrons. The van der Waals surface area contributed by atoms with E-state index in [2.05, 4.69) is 26.0 Å². The zero-order chi connectivity index (χ0) is 12.4. The van der Waals surface area contributed by atoms with Gasteiger partial charge in [0, 0.05) is 19.0 Å². The first-order chi connectivity index (χ1) is 8.08. The van der Waals surface area contributed by atoms with Crippen molar-refractivity contribution in [3.05, 3.63) is 28.5 Å². The maximum absolute atomic E-state index is 13.1. The Kier molecular flexibility index (Phi) is 3.56. The standard InChI is InChI=1S/C10H10BrF2N3O/c1-2-16-10(14-9(11)15-16)17-8-4-6(12)3-7(13)5-8/h3-4,7H,2,5H2,1H3. The van der Waals surface area contributed by atoms with E-state index in [1.54, 1.807) is 0 Å². The van der Waals surface area contributed by atoms with Gasteiger partial charge in [-0.05, 0) is 28.9 Å². The van der Waals surface area contributed by atoms with E-state index in [0.717, 1.165) is 12.2 Å². The Morgan fingerprint density at radius 1 is 1.65 bits per heavy atom. The van der Waals surface area contributed by atoms with Crippen LogP contribution in [0.15, 0.2) is 28.5 Å². The number of nitrogens with zero attached hydrogens (tertiary/aromatic N) is 3. The first kappa shape index (κ1) is 12.2. The molecule has 0 bridgehead atoms. The quantitative estimate of drug-likeness (QED) is 0.862. The lowest BCUT2D eigenvalue weighted by molar-refractivity contribution is 0.294. The first-order valence-electron chi connectivity index (χ1n) is 5.08. The lowest BCUT2D eigenvalue weighted by Crippen LogP contribution is -2.11. The van der Waals surface area contributed by atoms with Crippen LogP contribution in [0, 0.1) is 0 Å². The third kappa shape index (κ3) is 2.91. The maximum atomic E-state index is 13.1. The predicted molar refractivity (Wildman–Crippen MR) is 60.8 cm³/mol. The highest BCUT2D eigenvalue weighted by molar-refractivity contribution is 9.10. The third-order valence-electron chi connectivity index (χ3n) is 2.17. The van der Waals surface area contributed by atoms with Crippen molar-refractivity contribution < 1.29 is 13.5 Å². The Balaban J connectivity index is 2.18. The van der Waals surface area contributed by atoms with Crippen molar-refractivity contribution in [3.8, 4) is 6.01 Å². The van der Waals surface area contributed by atoms with Gasteiger partial charge in [-0.25, -0.2) is 13.5 Å². The fourth-order valence-corrected chi connectivity index (χ4v) is 1.80. The van der Waals surface area contributed by atoms with Crippen molar-refractivity contribution >= 4 is 15.9 Å². The molecule has 0 aromatic carbocycles. The third-order valence-corrected chi connectivity index (χ3v) is 2.50. The van der Waals surface area contributed by atoms with Gasteiger partial charge in [-0.15, -0.1) is 5.10 Å². The van der Waals surface area contributed by atoms with Gasteiger partial charge in [0.2, 0.25) is 4.73 Å². The molecule has 0 aliphatic heterocycles. The fourth-order valence-electron chi connectivity index (χ4n) is 1.46. The predicted octanol–water partition coefficient (Wildman–Crippen LogP) is 2.92. The highest BCUT2D eigenvalue weighted by atomic mass is 79.9. The van der Waals surface area contributed by atoms with Gasteiger partial charge < -0.3 is 4.74 Å². The molecule has 1 unspecified atom stereocenters. The van der Waals surface area contributed by atoms with E-state index < -0.39 is 12.0 Å². The van der Waals surface area contributed by atoms with Crippen LogP contribution in [0.4, 0.5) is 8.78 Å². The highest BCUT2D eigenvalue weighted by Crippen LogP contribution is 2.24. The molecular formula is C10H10BrF2N3O. The molecule has 0 saturated heterocycles. The van der Waals surface area contributed by atoms with E-state index >= 15 is 0 Å². The number of aryl methyl sites for hydroxylation is 1. The van der Waals surface area contributed by atoms with Crippen molar-refractivity contribution in [2.24, 2.45) is 0 Å². The fraction of sp³-hybridized carbons (Fsp3) is 0.400. The Morgan fingerprint density at radius 3 is 3.06 bits per heavy atom. The number of aromatic nitrogens is 3. The number of allylic oxidation sites excluding steroid dienone is 4. The summed E-state index contributed by atoms with van der Waals surface area (Å²) in [6.07, 6.45) is 0.699. The minimum Gasteiger partial charge on any atom is -0.429 e. The summed E-state index contributed by atoms with van der Waals surface area (Å²) in [6.45, 7) is 2.42. The van der Waals surface area contributed by atoms with Gasteiger partial charge in [0.1, 0.15) is 17.8 Å². The number of hydrogen-bond donors (Lipinski definition) is 0. The van der Waals surface area contributed by atoms with Crippen LogP contribution in [-0.4, -0.2) is 20.9 Å². The van der Waals surface area contributed by atoms with Gasteiger partial charge in [0.05, 0.1) is 0 Å². The topological polar surface area (TPSA) is 39.9 Å². The summed E-state index contributed by atoms with van der Waals surface area (Å²) in [4.78, 5) is 3.97. The second kappa shape index (κ2) is 4.95. The van der Waals surface area contributed by atoms with Crippen molar-refractivity contribution in [2.75, 3.05) is 0 Å². The van der Waals surface area contributed by atoms with Crippen molar-refractivity contribution in [3.63, 3.8) is 0 Å². The van der Waals surface area contributed by atoms with E-state index in [-0.39, 0.29) is 18.2 Å². The summed E-state index contributed by atoms with van der Waals surface area (Å²) in [5.41, 5.74) is 0. The second-order valence-electron chi connectivity index (χ2n) is 3.46. The molecule has 0 saturated carbocycles. The lowest BCUT2D eigenvalue weighted by Gasteiger charge is -2.13. The van der Waals surface area contributed by atoms with Crippen LogP contribution in [0.2, 0.25) is 0 Å². The van der Waals surface area contributed by atoms with E-state index in [4.69, 9.17) is 4.74 Å². The Labute approximate surface area is 105 Å². The van der Waals surface area contributed by atoms with Crippen LogP contribution in [0.3, 0.4) is 0 Å². The molecule has 1 aliphatic carbocycles. The Hall–Kier alpha value is -1.24. The average Bonchev–Trinajstić information content (AvgIpc) is 2.57. The SMILES string of the molecule is CCn1nc(Br)nc1OC1=CC(F)=CC(F)C1. The minimum absolute atomic E-state index is 0.00160. The molecule has 1 aliphatic rings. The van der Waals surface area contributed by atoms with Gasteiger partial charge in [-0.2, -0.15) is 4.98 Å². The smallest absolute Gasteiger partial charge is 0.321 e. The van der Waals surface area contributed by atoms with E-state index in [1.165, 1.54) is 4.68 Å². The van der Waals surface area contributed by atoms with Crippen LogP contribution >= 0.6 is 15.9 Å². The Morgan fingerprint density at radius 2 is 2.41 bits per heavy atom. The van der Waals surface area contributed by atoms with Crippen molar-refractivity contribution in [1.29, 1.82) is 0 Å². The lowest BCUT2D eigenvalue weighted by atomic mass is 10.1. The molecule has 1 atom stereocenters. The van der Waals surface area contributed by atoms with Crippen molar-refractivity contribution in [2.45, 2.75) is 26.1 Å². The zero-order valence-corrected chi connectivity index (χ0v) is 10.6. The molecule has 1 aromatic rings. The van der Waals surface area contributed by atoms with Crippen LogP contribution in [0.5, 0.6) is 6.01 Å². The molecular weight excluding hydrogens is 296 g/mol. The second-order valence-corrected chi connectivity index (χ2v) is 4.17. The summed E-state index contributed by atoms with van der Waals surface area (Å²) in [6, 6.07) is 0.215. The van der Waals surface area contributed by atoms with E-state index in [9.17, 15) is 8.78 Å². The van der Waals surface area contributed by atoms with E-state index in [1.807, 2.05) is 6.92 Å². The summed E-state index contributed by atoms with van der Waals surface area (Å²) >= 11 is 3.11. The molecule has 1 aromatic heterocycles. The summed E-state index contributed by atoms with van der Waals surface area (Å²) in [7, 11) is 0. The molecule has 2 rings (SSSR count). The summed E-state index contributed by atoms with van der Waals surface area (Å²) in [5, 5.41) is 4.00. The molecule has 0 fully saturated rings. The molecule has 17 heavy (non-hydrogen) atoms. The summed E-state index contributed by atoms with van der Waals surface area (Å²) < 4.78 is 33.3. The number of alkyl halides is 1. The van der Waals surface area contributed by atoms with Crippen molar-refractivity contribution in [1.82, 2.24) is 14.8 Å². The van der Waals surface area contributed by atoms with Gasteiger partial charge in [-0.3, -0.25) is 0 Å². The number of ether oxygens (including phenoxy) is 1. The minimum atomic E-state index is -1.36. The molecule has 0 amide bonds. The number of rotatable bonds is 3. The molecule has 0 N–H and O–H groups in total. The van der Waals surface area contributed by atoms with Gasteiger partial charge in [0.25, 0.3) is 0 Å². The van der Waals surface area contributed by atoms with E-state index in [0.29, 0.717) is 11.3 Å². The largest absolute Gasteiger partial charge is 0.429 e. The maximum Gasteiger partial charge on any atom is 0.321 e. The average molecular weight is 306 g/mol. The molecule has 0 radical (unpaired) electrons. The first-order valence-corrected chi connectivity index (χ1v) is 5.88. The van der Waals surface area contributed by atoms with Gasteiger partial charge in [-0.1, -0.05) is 0 Å². The monoisotopic (exact) mass is 305 g/mol. The van der Waals surface area contributed by atoms with Crippen LogP contribution in [0.25, 0.3) is 0 Å². The number of halogens is 3. The molecule has 0 spiro atoms. The number of hydrogen-bond acceptors (Lipinski definition) is 3. The van der Waals surface area contributed by atoms with Crippen LogP contribution < -0.4 is 4.74 Å². The Bertz CT molecular complexity index is 484.